The second kappa shape index (κ2) is 6.16. The summed E-state index contributed by atoms with van der Waals surface area (Å²) >= 11 is 0. The van der Waals surface area contributed by atoms with Crippen LogP contribution in [0, 0.1) is 0 Å². The summed E-state index contributed by atoms with van der Waals surface area (Å²) in [6.45, 7) is 2.62. The van der Waals surface area contributed by atoms with Crippen molar-refractivity contribution in [2.24, 2.45) is 0 Å². The number of hydrogen-bond acceptors (Lipinski definition) is 3. The van der Waals surface area contributed by atoms with E-state index in [1.165, 1.54) is 0 Å². The first-order valence-corrected chi connectivity index (χ1v) is 7.54. The summed E-state index contributed by atoms with van der Waals surface area (Å²) in [6, 6.07) is 13.4. The zero-order chi connectivity index (χ0) is 16.4. The minimum absolute atomic E-state index is 0.0200. The van der Waals surface area contributed by atoms with Crippen LogP contribution in [0.25, 0.3) is 11.6 Å². The van der Waals surface area contributed by atoms with Gasteiger partial charge in [-0.2, -0.15) is 0 Å². The standard InChI is InChI=1S/C19H19NO3/c1-4-20-17-8-6-5-7-15(17)16(19(20)21)11-13-9-10-14(22-2)12-18(13)23-3/h5-12H,4H2,1-3H3/b16-11-. The van der Waals surface area contributed by atoms with E-state index in [0.29, 0.717) is 17.9 Å². The molecule has 1 heterocycles. The van der Waals surface area contributed by atoms with E-state index in [1.54, 1.807) is 19.1 Å². The Kier molecular flexibility index (Phi) is 4.06. The van der Waals surface area contributed by atoms with Crippen LogP contribution in [0.15, 0.2) is 42.5 Å². The number of hydrogen-bond donors (Lipinski definition) is 0. The van der Waals surface area contributed by atoms with Crippen LogP contribution in [-0.4, -0.2) is 26.7 Å². The van der Waals surface area contributed by atoms with Crippen molar-refractivity contribution in [3.63, 3.8) is 0 Å². The van der Waals surface area contributed by atoms with Gasteiger partial charge in [-0.25, -0.2) is 0 Å². The van der Waals surface area contributed by atoms with Crippen molar-refractivity contribution in [2.45, 2.75) is 6.92 Å². The minimum atomic E-state index is 0.0200. The number of methoxy groups -OCH3 is 2. The highest BCUT2D eigenvalue weighted by Gasteiger charge is 2.30. The van der Waals surface area contributed by atoms with Gasteiger partial charge in [0.25, 0.3) is 5.91 Å². The molecule has 0 bridgehead atoms. The maximum absolute atomic E-state index is 12.7. The molecule has 1 amide bonds. The number of likely N-dealkylation sites (N-methyl/N-ethyl adjacent to an activating group) is 1. The molecule has 23 heavy (non-hydrogen) atoms. The van der Waals surface area contributed by atoms with Crippen molar-refractivity contribution < 1.29 is 14.3 Å². The Hall–Kier alpha value is -2.75. The highest BCUT2D eigenvalue weighted by atomic mass is 16.5. The van der Waals surface area contributed by atoms with E-state index >= 15 is 0 Å². The molecule has 0 aliphatic carbocycles. The smallest absolute Gasteiger partial charge is 0.258 e. The Balaban J connectivity index is 2.11. The van der Waals surface area contributed by atoms with Crippen molar-refractivity contribution >= 4 is 23.2 Å². The lowest BCUT2D eigenvalue weighted by Crippen LogP contribution is -2.25. The molecule has 0 spiro atoms. The molecule has 4 nitrogen and oxygen atoms in total. The number of carbonyl (C=O) groups is 1. The van der Waals surface area contributed by atoms with Gasteiger partial charge in [-0.05, 0) is 31.2 Å². The first-order valence-electron chi connectivity index (χ1n) is 7.54. The van der Waals surface area contributed by atoms with Crippen LogP contribution in [0.2, 0.25) is 0 Å². The molecular formula is C19H19NO3. The lowest BCUT2D eigenvalue weighted by Gasteiger charge is -2.13. The maximum Gasteiger partial charge on any atom is 0.258 e. The molecule has 3 rings (SSSR count). The second-order valence-corrected chi connectivity index (χ2v) is 5.23. The summed E-state index contributed by atoms with van der Waals surface area (Å²) in [5.74, 6) is 1.42. The first kappa shape index (κ1) is 15.2. The Morgan fingerprint density at radius 3 is 2.57 bits per heavy atom. The van der Waals surface area contributed by atoms with Crippen molar-refractivity contribution in [2.75, 3.05) is 25.7 Å². The van der Waals surface area contributed by atoms with Gasteiger partial charge in [0.2, 0.25) is 0 Å². The van der Waals surface area contributed by atoms with Crippen LogP contribution in [0.1, 0.15) is 18.1 Å². The van der Waals surface area contributed by atoms with Crippen molar-refractivity contribution in [3.8, 4) is 11.5 Å². The molecule has 0 saturated carbocycles. The third-order valence-electron chi connectivity index (χ3n) is 4.02. The quantitative estimate of drug-likeness (QED) is 0.810. The largest absolute Gasteiger partial charge is 0.497 e. The summed E-state index contributed by atoms with van der Waals surface area (Å²) < 4.78 is 10.6. The summed E-state index contributed by atoms with van der Waals surface area (Å²) in [5, 5.41) is 0. The fourth-order valence-electron chi connectivity index (χ4n) is 2.85. The van der Waals surface area contributed by atoms with Gasteiger partial charge >= 0.3 is 0 Å². The van der Waals surface area contributed by atoms with E-state index in [4.69, 9.17) is 9.47 Å². The van der Waals surface area contributed by atoms with E-state index in [0.717, 1.165) is 22.6 Å². The van der Waals surface area contributed by atoms with Gasteiger partial charge in [-0.1, -0.05) is 18.2 Å². The van der Waals surface area contributed by atoms with E-state index in [2.05, 4.69) is 0 Å². The van der Waals surface area contributed by atoms with Gasteiger partial charge in [0.15, 0.2) is 0 Å². The van der Waals surface area contributed by atoms with Crippen molar-refractivity contribution in [3.05, 3.63) is 53.6 Å². The number of carbonyl (C=O) groups excluding carboxylic acids is 1. The molecule has 0 atom stereocenters. The van der Waals surface area contributed by atoms with Crippen LogP contribution < -0.4 is 14.4 Å². The molecule has 1 aliphatic heterocycles. The molecule has 4 heteroatoms. The Morgan fingerprint density at radius 1 is 1.09 bits per heavy atom. The van der Waals surface area contributed by atoms with Crippen LogP contribution in [-0.2, 0) is 4.79 Å². The number of anilines is 1. The predicted molar refractivity (Wildman–Crippen MR) is 91.9 cm³/mol. The molecule has 0 radical (unpaired) electrons. The van der Waals surface area contributed by atoms with E-state index < -0.39 is 0 Å². The van der Waals surface area contributed by atoms with Crippen molar-refractivity contribution in [1.82, 2.24) is 0 Å². The van der Waals surface area contributed by atoms with Gasteiger partial charge in [-0.15, -0.1) is 0 Å². The number of amides is 1. The third kappa shape index (κ3) is 2.57. The summed E-state index contributed by atoms with van der Waals surface area (Å²) in [4.78, 5) is 14.5. The molecule has 2 aromatic carbocycles. The molecule has 1 aliphatic rings. The Morgan fingerprint density at radius 2 is 1.87 bits per heavy atom. The van der Waals surface area contributed by atoms with Crippen LogP contribution in [0.5, 0.6) is 11.5 Å². The topological polar surface area (TPSA) is 38.8 Å². The normalized spacial score (nSPS) is 15.0. The molecule has 2 aromatic rings. The van der Waals surface area contributed by atoms with Gasteiger partial charge in [0, 0.05) is 29.3 Å². The highest BCUT2D eigenvalue weighted by molar-refractivity contribution is 6.35. The number of fused-ring (bicyclic) bond motifs is 1. The molecule has 0 N–H and O–H groups in total. The SMILES string of the molecule is CCN1C(=O)/C(=C\c2ccc(OC)cc2OC)c2ccccc21. The van der Waals surface area contributed by atoms with Crippen molar-refractivity contribution in [1.29, 1.82) is 0 Å². The zero-order valence-electron chi connectivity index (χ0n) is 13.5. The van der Waals surface area contributed by atoms with E-state index in [9.17, 15) is 4.79 Å². The number of nitrogens with zero attached hydrogens (tertiary/aromatic N) is 1. The Labute approximate surface area is 135 Å². The number of rotatable bonds is 4. The number of ether oxygens (including phenoxy) is 2. The van der Waals surface area contributed by atoms with Crippen LogP contribution in [0.3, 0.4) is 0 Å². The summed E-state index contributed by atoms with van der Waals surface area (Å²) in [7, 11) is 3.22. The first-order chi connectivity index (χ1) is 11.2. The highest BCUT2D eigenvalue weighted by Crippen LogP contribution is 2.38. The average Bonchev–Trinajstić information content (AvgIpc) is 2.86. The van der Waals surface area contributed by atoms with Gasteiger partial charge in [-0.3, -0.25) is 4.79 Å². The van der Waals surface area contributed by atoms with Crippen LogP contribution >= 0.6 is 0 Å². The van der Waals surface area contributed by atoms with Gasteiger partial charge in [0.1, 0.15) is 11.5 Å². The number of para-hydroxylation sites is 1. The van der Waals surface area contributed by atoms with Gasteiger partial charge in [0.05, 0.1) is 19.9 Å². The van der Waals surface area contributed by atoms with E-state index in [1.807, 2.05) is 55.5 Å². The number of benzene rings is 2. The lowest BCUT2D eigenvalue weighted by molar-refractivity contribution is -0.112. The maximum atomic E-state index is 12.7. The predicted octanol–water partition coefficient (Wildman–Crippen LogP) is 3.61. The Bertz CT molecular complexity index is 780. The molecule has 0 saturated heterocycles. The average molecular weight is 309 g/mol. The third-order valence-corrected chi connectivity index (χ3v) is 4.02. The molecule has 0 unspecified atom stereocenters. The molecule has 0 aromatic heterocycles. The molecular weight excluding hydrogens is 290 g/mol. The van der Waals surface area contributed by atoms with E-state index in [-0.39, 0.29) is 5.91 Å². The minimum Gasteiger partial charge on any atom is -0.497 e. The summed E-state index contributed by atoms with van der Waals surface area (Å²) in [5.41, 5.74) is 3.45. The second-order valence-electron chi connectivity index (χ2n) is 5.23. The van der Waals surface area contributed by atoms with Crippen LogP contribution in [0.4, 0.5) is 5.69 Å². The monoisotopic (exact) mass is 309 g/mol. The molecule has 0 fully saturated rings. The van der Waals surface area contributed by atoms with Gasteiger partial charge < -0.3 is 14.4 Å². The fourth-order valence-corrected chi connectivity index (χ4v) is 2.85. The lowest BCUT2D eigenvalue weighted by atomic mass is 10.0. The fraction of sp³-hybridized carbons (Fsp3) is 0.211. The molecule has 118 valence electrons. The zero-order valence-corrected chi connectivity index (χ0v) is 13.5. The summed E-state index contributed by atoms with van der Waals surface area (Å²) in [6.07, 6.45) is 1.88.